The lowest BCUT2D eigenvalue weighted by Crippen LogP contribution is -2.47. The Balaban J connectivity index is 1.66. The number of benzene rings is 1. The third kappa shape index (κ3) is 4.42. The van der Waals surface area contributed by atoms with Crippen molar-refractivity contribution in [2.24, 2.45) is 0 Å². The summed E-state index contributed by atoms with van der Waals surface area (Å²) in [5, 5.41) is 3.43. The van der Waals surface area contributed by atoms with Gasteiger partial charge in [0.25, 0.3) is 5.91 Å². The molecule has 36 heavy (non-hydrogen) atoms. The van der Waals surface area contributed by atoms with Crippen LogP contribution in [-0.4, -0.2) is 79.5 Å². The SMILES string of the molecule is C#C[C@H]1COCCN1c1nc(N2CCOC[C@@H]2C#C)c2ccc(-c3cccc(C(=O)NC)c3)nc2n1. The molecule has 0 radical (unpaired) electrons. The molecule has 2 fully saturated rings. The van der Waals surface area contributed by atoms with Gasteiger partial charge in [-0.05, 0) is 24.3 Å². The Bertz CT molecular complexity index is 1380. The second-order valence-corrected chi connectivity index (χ2v) is 8.48. The monoisotopic (exact) mass is 482 g/mol. The first kappa shape index (κ1) is 23.6. The van der Waals surface area contributed by atoms with Crippen LogP contribution < -0.4 is 15.1 Å². The molecule has 1 amide bonds. The summed E-state index contributed by atoms with van der Waals surface area (Å²) in [6.45, 7) is 3.05. The second-order valence-electron chi connectivity index (χ2n) is 8.48. The number of hydrogen-bond acceptors (Lipinski definition) is 8. The van der Waals surface area contributed by atoms with Crippen molar-refractivity contribution in [1.82, 2.24) is 20.3 Å². The summed E-state index contributed by atoms with van der Waals surface area (Å²) in [7, 11) is 1.60. The van der Waals surface area contributed by atoms with Gasteiger partial charge >= 0.3 is 0 Å². The van der Waals surface area contributed by atoms with E-state index in [4.69, 9.17) is 37.3 Å². The van der Waals surface area contributed by atoms with Gasteiger partial charge in [-0.3, -0.25) is 4.79 Å². The predicted molar refractivity (Wildman–Crippen MR) is 138 cm³/mol. The molecule has 2 atom stereocenters. The Hall–Kier alpha value is -4.18. The van der Waals surface area contributed by atoms with Gasteiger partial charge in [0, 0.05) is 31.3 Å². The van der Waals surface area contributed by atoms with E-state index in [9.17, 15) is 4.79 Å². The first-order chi connectivity index (χ1) is 17.6. The molecule has 1 N–H and O–H groups in total. The molecule has 4 heterocycles. The van der Waals surface area contributed by atoms with Crippen LogP contribution in [0.4, 0.5) is 11.8 Å². The summed E-state index contributed by atoms with van der Waals surface area (Å²) in [6.07, 6.45) is 11.6. The number of terminal acetylenes is 2. The van der Waals surface area contributed by atoms with Gasteiger partial charge in [0.1, 0.15) is 17.9 Å². The third-order valence-electron chi connectivity index (χ3n) is 6.35. The number of nitrogens with one attached hydrogen (secondary N) is 1. The summed E-state index contributed by atoms with van der Waals surface area (Å²) in [6, 6.07) is 10.6. The summed E-state index contributed by atoms with van der Waals surface area (Å²) >= 11 is 0. The van der Waals surface area contributed by atoms with Crippen molar-refractivity contribution in [3.05, 3.63) is 42.0 Å². The molecular weight excluding hydrogens is 456 g/mol. The Morgan fingerprint density at radius 1 is 1.00 bits per heavy atom. The molecule has 3 aromatic rings. The fourth-order valence-electron chi connectivity index (χ4n) is 4.43. The van der Waals surface area contributed by atoms with E-state index in [2.05, 4.69) is 22.1 Å². The van der Waals surface area contributed by atoms with E-state index in [0.717, 1.165) is 10.9 Å². The first-order valence-electron chi connectivity index (χ1n) is 11.7. The maximum Gasteiger partial charge on any atom is 0.251 e. The normalized spacial score (nSPS) is 20.0. The molecule has 2 aromatic heterocycles. The number of rotatable bonds is 4. The lowest BCUT2D eigenvalue weighted by Gasteiger charge is -2.36. The third-order valence-corrected chi connectivity index (χ3v) is 6.35. The van der Waals surface area contributed by atoms with Gasteiger partial charge in [-0.1, -0.05) is 24.0 Å². The van der Waals surface area contributed by atoms with Gasteiger partial charge in [-0.25, -0.2) is 4.98 Å². The summed E-state index contributed by atoms with van der Waals surface area (Å²) in [4.78, 5) is 30.8. The zero-order valence-corrected chi connectivity index (χ0v) is 20.0. The highest BCUT2D eigenvalue weighted by atomic mass is 16.5. The Labute approximate surface area is 209 Å². The molecular formula is C27H26N6O3. The summed E-state index contributed by atoms with van der Waals surface area (Å²) in [5.74, 6) is 6.60. The van der Waals surface area contributed by atoms with Crippen LogP contribution in [-0.2, 0) is 9.47 Å². The highest BCUT2D eigenvalue weighted by Gasteiger charge is 2.29. The van der Waals surface area contributed by atoms with Crippen molar-refractivity contribution in [3.8, 4) is 35.9 Å². The molecule has 0 unspecified atom stereocenters. The molecule has 2 aliphatic heterocycles. The number of ether oxygens (including phenoxy) is 2. The molecule has 5 rings (SSSR count). The van der Waals surface area contributed by atoms with Crippen molar-refractivity contribution < 1.29 is 14.3 Å². The van der Waals surface area contributed by atoms with Crippen LogP contribution >= 0.6 is 0 Å². The zero-order chi connectivity index (χ0) is 25.1. The van der Waals surface area contributed by atoms with Gasteiger partial charge in [0.05, 0.1) is 37.5 Å². The largest absolute Gasteiger partial charge is 0.376 e. The standard InChI is InChI=1S/C27H26N6O3/c1-4-20-16-35-13-11-32(20)25-22-9-10-23(18-7-6-8-19(15-18)26(34)28-3)29-24(22)30-27(31-25)33-12-14-36-17-21(33)5-2/h1-2,6-10,15,20-21H,11-14,16-17H2,3H3,(H,28,34)/t20-,21-/m0/s1. The maximum atomic E-state index is 12.2. The highest BCUT2D eigenvalue weighted by molar-refractivity contribution is 5.95. The zero-order valence-electron chi connectivity index (χ0n) is 20.0. The number of morpholine rings is 2. The Morgan fingerprint density at radius 2 is 1.72 bits per heavy atom. The fourth-order valence-corrected chi connectivity index (χ4v) is 4.43. The molecule has 182 valence electrons. The quantitative estimate of drug-likeness (QED) is 0.562. The van der Waals surface area contributed by atoms with Crippen LogP contribution in [0.15, 0.2) is 36.4 Å². The first-order valence-corrected chi connectivity index (χ1v) is 11.7. The number of hydrogen-bond donors (Lipinski definition) is 1. The van der Waals surface area contributed by atoms with E-state index in [0.29, 0.717) is 68.2 Å². The molecule has 0 bridgehead atoms. The van der Waals surface area contributed by atoms with E-state index in [1.54, 1.807) is 13.1 Å². The van der Waals surface area contributed by atoms with Crippen LogP contribution in [0.1, 0.15) is 10.4 Å². The predicted octanol–water partition coefficient (Wildman–Crippen LogP) is 1.73. The number of aromatic nitrogens is 3. The van der Waals surface area contributed by atoms with Gasteiger partial charge in [-0.2, -0.15) is 9.97 Å². The van der Waals surface area contributed by atoms with E-state index >= 15 is 0 Å². The maximum absolute atomic E-state index is 12.2. The van der Waals surface area contributed by atoms with Gasteiger partial charge in [0.2, 0.25) is 5.95 Å². The van der Waals surface area contributed by atoms with Crippen molar-refractivity contribution >= 4 is 28.7 Å². The van der Waals surface area contributed by atoms with Crippen molar-refractivity contribution in [2.45, 2.75) is 12.1 Å². The number of amides is 1. The van der Waals surface area contributed by atoms with Crippen molar-refractivity contribution in [1.29, 1.82) is 0 Å². The van der Waals surface area contributed by atoms with Crippen LogP contribution in [0.3, 0.4) is 0 Å². The molecule has 0 spiro atoms. The number of carbonyl (C=O) groups is 1. The molecule has 0 saturated carbocycles. The summed E-state index contributed by atoms with van der Waals surface area (Å²) in [5.41, 5.74) is 2.56. The molecule has 0 aliphatic carbocycles. The van der Waals surface area contributed by atoms with Crippen LogP contribution in [0, 0.1) is 24.7 Å². The van der Waals surface area contributed by atoms with E-state index in [1.807, 2.05) is 35.2 Å². The highest BCUT2D eigenvalue weighted by Crippen LogP contribution is 2.31. The minimum Gasteiger partial charge on any atom is -0.376 e. The second kappa shape index (κ2) is 10.2. The number of carbonyl (C=O) groups excluding carboxylic acids is 1. The van der Waals surface area contributed by atoms with Crippen LogP contribution in [0.25, 0.3) is 22.3 Å². The molecule has 9 nitrogen and oxygen atoms in total. The van der Waals surface area contributed by atoms with Crippen LogP contribution in [0.5, 0.6) is 0 Å². The number of fused-ring (bicyclic) bond motifs is 1. The minimum atomic E-state index is -0.287. The van der Waals surface area contributed by atoms with Gasteiger partial charge < -0.3 is 24.6 Å². The number of nitrogens with zero attached hydrogens (tertiary/aromatic N) is 5. The molecule has 2 aliphatic rings. The smallest absolute Gasteiger partial charge is 0.251 e. The summed E-state index contributed by atoms with van der Waals surface area (Å²) < 4.78 is 11.2. The van der Waals surface area contributed by atoms with Crippen LogP contribution in [0.2, 0.25) is 0 Å². The van der Waals surface area contributed by atoms with Crippen molar-refractivity contribution in [2.75, 3.05) is 56.4 Å². The van der Waals surface area contributed by atoms with E-state index < -0.39 is 0 Å². The van der Waals surface area contributed by atoms with Gasteiger partial charge in [0.15, 0.2) is 5.65 Å². The molecule has 1 aromatic carbocycles. The number of anilines is 2. The Morgan fingerprint density at radius 3 is 2.44 bits per heavy atom. The average Bonchev–Trinajstić information content (AvgIpc) is 2.95. The topological polar surface area (TPSA) is 92.7 Å². The molecule has 9 heteroatoms. The van der Waals surface area contributed by atoms with Crippen molar-refractivity contribution in [3.63, 3.8) is 0 Å². The number of pyridine rings is 1. The Kier molecular flexibility index (Phi) is 6.68. The lowest BCUT2D eigenvalue weighted by atomic mass is 10.1. The molecule has 2 saturated heterocycles. The minimum absolute atomic E-state index is 0.162. The average molecular weight is 483 g/mol. The van der Waals surface area contributed by atoms with E-state index in [-0.39, 0.29) is 18.0 Å². The lowest BCUT2D eigenvalue weighted by molar-refractivity contribution is 0.0963. The van der Waals surface area contributed by atoms with E-state index in [1.165, 1.54) is 0 Å². The fraction of sp³-hybridized carbons (Fsp3) is 0.333. The van der Waals surface area contributed by atoms with Gasteiger partial charge in [-0.15, -0.1) is 12.8 Å².